The van der Waals surface area contributed by atoms with Crippen molar-refractivity contribution in [3.05, 3.63) is 68.4 Å². The van der Waals surface area contributed by atoms with Gasteiger partial charge in [0.05, 0.1) is 34.7 Å². The van der Waals surface area contributed by atoms with E-state index in [1.807, 2.05) is 0 Å². The Balaban J connectivity index is 1.51. The molecule has 8 atom stereocenters. The molecule has 0 saturated carbocycles. The number of aromatic hydroxyl groups is 2. The summed E-state index contributed by atoms with van der Waals surface area (Å²) in [6.07, 6.45) is -6.22. The maximum absolute atomic E-state index is 14.5. The smallest absolute Gasteiger partial charge is 0.339 e. The molecule has 1 heterocycles. The molecule has 3 aliphatic carbocycles. The second-order valence-electron chi connectivity index (χ2n) is 12.5. The van der Waals surface area contributed by atoms with Crippen LogP contribution in [0.25, 0.3) is 0 Å². The standard InChI is InChI=1S/C33H34N2O14/c1-10-6-12-7-17(36)33(48-5)29(42)20-14(28(41)32(33,45)21(12)24(39)18(10)31(43)44)8-13-19(23(20)38)15(34)9-16(22(13)37)35-30-27(47-4)25(40)26(46-3)11(2)49-30/h6,8-9,11,17,25-27,30,34-36,38-40,45H,7H2,1-5H3,(H,43,44). The highest BCUT2D eigenvalue weighted by atomic mass is 16.6. The maximum atomic E-state index is 14.5. The number of aromatic carboxylic acids is 1. The van der Waals surface area contributed by atoms with E-state index in [1.165, 1.54) is 27.2 Å². The number of carboxylic acids is 1. The van der Waals surface area contributed by atoms with Gasteiger partial charge in [-0.05, 0) is 37.1 Å². The van der Waals surface area contributed by atoms with Crippen molar-refractivity contribution < 1.29 is 68.8 Å². The van der Waals surface area contributed by atoms with Crippen molar-refractivity contribution in [2.75, 3.05) is 21.3 Å². The van der Waals surface area contributed by atoms with Gasteiger partial charge in [-0.15, -0.1) is 0 Å². The minimum Gasteiger partial charge on any atom is -0.507 e. The van der Waals surface area contributed by atoms with Gasteiger partial charge >= 0.3 is 5.97 Å². The van der Waals surface area contributed by atoms with Gasteiger partial charge < -0.3 is 60.3 Å². The van der Waals surface area contributed by atoms with Crippen LogP contribution in [0.2, 0.25) is 0 Å². The number of Topliss-reactive ketones (excluding diaryl/α,β-unsaturated/α-hetero) is 3. The Morgan fingerprint density at radius 2 is 1.65 bits per heavy atom. The first-order chi connectivity index (χ1) is 23.0. The van der Waals surface area contributed by atoms with Gasteiger partial charge in [0, 0.05) is 44.4 Å². The van der Waals surface area contributed by atoms with Crippen molar-refractivity contribution >= 4 is 29.0 Å². The molecule has 0 amide bonds. The zero-order valence-electron chi connectivity index (χ0n) is 26.9. The SMILES string of the molecule is COC1C(C)OC(NC2=CC(=N)c3c(cc4c(c3O)C(=O)C3(OC)C(O)Cc5cc(C)c(C(=O)O)c(O)c5C3(O)C4=O)C2=O)C(OC)C1O. The first-order valence-corrected chi connectivity index (χ1v) is 15.1. The first-order valence-electron chi connectivity index (χ1n) is 15.1. The van der Waals surface area contributed by atoms with Crippen LogP contribution in [0.3, 0.4) is 0 Å². The third kappa shape index (κ3) is 4.32. The summed E-state index contributed by atoms with van der Waals surface area (Å²) in [7, 11) is 3.60. The molecule has 49 heavy (non-hydrogen) atoms. The fraction of sp³-hybridized carbons (Fsp3) is 0.424. The topological polar surface area (TPSA) is 262 Å². The van der Waals surface area contributed by atoms with Crippen molar-refractivity contribution in [3.8, 4) is 11.5 Å². The van der Waals surface area contributed by atoms with Gasteiger partial charge in [0.2, 0.25) is 17.3 Å². The number of methoxy groups -OCH3 is 3. The molecular weight excluding hydrogens is 648 g/mol. The van der Waals surface area contributed by atoms with Crippen LogP contribution in [0.15, 0.2) is 23.9 Å². The molecule has 8 N–H and O–H groups in total. The van der Waals surface area contributed by atoms with Crippen molar-refractivity contribution in [3.63, 3.8) is 0 Å². The number of allylic oxidation sites excluding steroid dienone is 2. The number of rotatable bonds is 6. The number of carboxylic acid groups (broad SMARTS) is 1. The number of phenols is 2. The van der Waals surface area contributed by atoms with E-state index in [0.29, 0.717) is 0 Å². The van der Waals surface area contributed by atoms with Crippen LogP contribution in [-0.2, 0) is 31.0 Å². The Bertz CT molecular complexity index is 1900. The second-order valence-corrected chi connectivity index (χ2v) is 12.5. The van der Waals surface area contributed by atoms with Crippen LogP contribution in [-0.4, -0.2) is 123 Å². The molecular formula is C33H34N2O14. The maximum Gasteiger partial charge on any atom is 0.339 e. The zero-order chi connectivity index (χ0) is 36.1. The summed E-state index contributed by atoms with van der Waals surface area (Å²) in [6.45, 7) is 2.98. The summed E-state index contributed by atoms with van der Waals surface area (Å²) in [6, 6.07) is 2.14. The van der Waals surface area contributed by atoms with Crippen LogP contribution in [0.4, 0.5) is 0 Å². The first kappa shape index (κ1) is 34.3. The Kier molecular flexibility index (Phi) is 8.07. The molecule has 0 bridgehead atoms. The number of ether oxygens (including phenoxy) is 4. The third-order valence-corrected chi connectivity index (χ3v) is 10.0. The van der Waals surface area contributed by atoms with E-state index in [2.05, 4.69) is 5.32 Å². The van der Waals surface area contributed by atoms with Gasteiger partial charge in [0.25, 0.3) is 0 Å². The van der Waals surface area contributed by atoms with E-state index in [1.54, 1.807) is 6.92 Å². The second kappa shape index (κ2) is 11.5. The molecule has 4 aliphatic rings. The summed E-state index contributed by atoms with van der Waals surface area (Å²) < 4.78 is 22.0. The highest BCUT2D eigenvalue weighted by Crippen LogP contribution is 2.56. The molecule has 1 fully saturated rings. The van der Waals surface area contributed by atoms with Crippen LogP contribution < -0.4 is 5.32 Å². The number of carbonyl (C=O) groups is 4. The predicted molar refractivity (Wildman–Crippen MR) is 164 cm³/mol. The number of hydrogen-bond donors (Lipinski definition) is 8. The molecule has 8 unspecified atom stereocenters. The number of aliphatic hydroxyl groups is 3. The van der Waals surface area contributed by atoms with Gasteiger partial charge in [-0.25, -0.2) is 4.79 Å². The number of phenolic OH excluding ortho intramolecular Hbond substituents is 1. The average molecular weight is 683 g/mol. The summed E-state index contributed by atoms with van der Waals surface area (Å²) in [5.74, 6) is -7.23. The fourth-order valence-electron chi connectivity index (χ4n) is 7.80. The number of hydrogen-bond acceptors (Lipinski definition) is 15. The summed E-state index contributed by atoms with van der Waals surface area (Å²) in [4.78, 5) is 54.9. The van der Waals surface area contributed by atoms with Crippen LogP contribution >= 0.6 is 0 Å². The van der Waals surface area contributed by atoms with Gasteiger partial charge in [-0.3, -0.25) is 14.4 Å². The monoisotopic (exact) mass is 682 g/mol. The predicted octanol–water partition coefficient (Wildman–Crippen LogP) is -0.153. The number of fused-ring (bicyclic) bond motifs is 5. The Labute approximate surface area is 278 Å². The van der Waals surface area contributed by atoms with Crippen LogP contribution in [0.5, 0.6) is 11.5 Å². The minimum atomic E-state index is -3.25. The minimum absolute atomic E-state index is 0.0411. The summed E-state index contributed by atoms with van der Waals surface area (Å²) in [5, 5.41) is 78.6. The van der Waals surface area contributed by atoms with E-state index >= 15 is 0 Å². The van der Waals surface area contributed by atoms with Gasteiger partial charge in [-0.2, -0.15) is 0 Å². The molecule has 2 aromatic carbocycles. The van der Waals surface area contributed by atoms with E-state index in [-0.39, 0.29) is 16.8 Å². The summed E-state index contributed by atoms with van der Waals surface area (Å²) >= 11 is 0. The molecule has 0 spiro atoms. The molecule has 16 nitrogen and oxygen atoms in total. The van der Waals surface area contributed by atoms with Crippen molar-refractivity contribution in [2.24, 2.45) is 0 Å². The number of carbonyl (C=O) groups excluding carboxylic acids is 3. The van der Waals surface area contributed by atoms with Gasteiger partial charge in [0.15, 0.2) is 17.4 Å². The number of aryl methyl sites for hydroxylation is 1. The van der Waals surface area contributed by atoms with Crippen LogP contribution in [0.1, 0.15) is 70.6 Å². The lowest BCUT2D eigenvalue weighted by Gasteiger charge is -2.52. The molecule has 260 valence electrons. The molecule has 0 aromatic heterocycles. The lowest BCUT2D eigenvalue weighted by molar-refractivity contribution is -0.236. The van der Waals surface area contributed by atoms with Crippen molar-refractivity contribution in [1.82, 2.24) is 5.32 Å². The number of aliphatic hydroxyl groups excluding tert-OH is 2. The lowest BCUT2D eigenvalue weighted by atomic mass is 9.56. The van der Waals surface area contributed by atoms with E-state index in [4.69, 9.17) is 24.4 Å². The normalized spacial score (nSPS) is 32.1. The highest BCUT2D eigenvalue weighted by molar-refractivity contribution is 6.31. The average Bonchev–Trinajstić information content (AvgIpc) is 3.02. The molecule has 0 radical (unpaired) electrons. The Morgan fingerprint density at radius 3 is 2.24 bits per heavy atom. The molecule has 2 aromatic rings. The fourth-order valence-corrected chi connectivity index (χ4v) is 7.80. The number of nitrogens with one attached hydrogen (secondary N) is 2. The van der Waals surface area contributed by atoms with Crippen molar-refractivity contribution in [2.45, 2.75) is 68.2 Å². The lowest BCUT2D eigenvalue weighted by Crippen LogP contribution is -2.73. The van der Waals surface area contributed by atoms with Crippen molar-refractivity contribution in [1.29, 1.82) is 5.41 Å². The number of ketones is 3. The van der Waals surface area contributed by atoms with E-state index in [0.717, 1.165) is 19.3 Å². The number of benzene rings is 2. The molecule has 1 saturated heterocycles. The van der Waals surface area contributed by atoms with Gasteiger partial charge in [-0.1, -0.05) is 6.07 Å². The van der Waals surface area contributed by atoms with E-state index in [9.17, 15) is 49.8 Å². The summed E-state index contributed by atoms with van der Waals surface area (Å²) in [5.41, 5.74) is -10.6. The van der Waals surface area contributed by atoms with E-state index < -0.39 is 128 Å². The molecule has 1 aliphatic heterocycles. The Hall–Kier alpha value is -4.55. The molecule has 6 rings (SSSR count). The van der Waals surface area contributed by atoms with Crippen LogP contribution in [0, 0.1) is 12.3 Å². The zero-order valence-corrected chi connectivity index (χ0v) is 26.9. The largest absolute Gasteiger partial charge is 0.507 e. The highest BCUT2D eigenvalue weighted by Gasteiger charge is 2.72. The quantitative estimate of drug-likeness (QED) is 0.197. The third-order valence-electron chi connectivity index (χ3n) is 10.0. The van der Waals surface area contributed by atoms with Gasteiger partial charge in [0.1, 0.15) is 35.4 Å². The molecule has 16 heteroatoms. The Morgan fingerprint density at radius 1 is 1.00 bits per heavy atom.